The van der Waals surface area contributed by atoms with Gasteiger partial charge in [-0.05, 0) is 39.7 Å². The number of nitrogens with two attached hydrogens (primary N) is 1. The van der Waals surface area contributed by atoms with Gasteiger partial charge in [-0.25, -0.2) is 4.98 Å². The van der Waals surface area contributed by atoms with Crippen LogP contribution in [0.2, 0.25) is 0 Å². The molecule has 1 heterocycles. The molecule has 20 heavy (non-hydrogen) atoms. The van der Waals surface area contributed by atoms with Gasteiger partial charge in [0.1, 0.15) is 11.6 Å². The van der Waals surface area contributed by atoms with E-state index in [9.17, 15) is 0 Å². The van der Waals surface area contributed by atoms with E-state index < -0.39 is 0 Å². The molecule has 0 saturated heterocycles. The van der Waals surface area contributed by atoms with Crippen molar-refractivity contribution in [2.75, 3.05) is 20.0 Å². The molecule has 0 radical (unpaired) electrons. The zero-order valence-corrected chi connectivity index (χ0v) is 12.8. The minimum absolute atomic E-state index is 0.451. The van der Waals surface area contributed by atoms with Crippen molar-refractivity contribution in [1.29, 1.82) is 0 Å². The topological polar surface area (TPSA) is 57.4 Å². The quantitative estimate of drug-likeness (QED) is 0.870. The fourth-order valence-electron chi connectivity index (χ4n) is 1.84. The van der Waals surface area contributed by atoms with E-state index in [2.05, 4.69) is 20.9 Å². The number of rotatable bonds is 4. The number of pyridine rings is 1. The molecule has 5 heteroatoms. The summed E-state index contributed by atoms with van der Waals surface area (Å²) in [5, 5.41) is 0. The fourth-order valence-corrected chi connectivity index (χ4v) is 2.17. The highest BCUT2D eigenvalue weighted by atomic mass is 79.9. The van der Waals surface area contributed by atoms with Crippen LogP contribution in [0.1, 0.15) is 11.1 Å². The molecule has 0 aliphatic heterocycles. The minimum Gasteiger partial charge on any atom is -0.504 e. The molecular weight excluding hydrogens is 320 g/mol. The van der Waals surface area contributed by atoms with E-state index in [1.54, 1.807) is 26.7 Å². The van der Waals surface area contributed by atoms with Gasteiger partial charge >= 0.3 is 0 Å². The van der Waals surface area contributed by atoms with Crippen LogP contribution >= 0.6 is 15.9 Å². The predicted molar refractivity (Wildman–Crippen MR) is 83.4 cm³/mol. The van der Waals surface area contributed by atoms with Gasteiger partial charge in [-0.1, -0.05) is 12.1 Å². The van der Waals surface area contributed by atoms with Gasteiger partial charge < -0.3 is 15.2 Å². The predicted octanol–water partition coefficient (Wildman–Crippen LogP) is 3.47. The van der Waals surface area contributed by atoms with Crippen molar-refractivity contribution < 1.29 is 9.47 Å². The van der Waals surface area contributed by atoms with Crippen molar-refractivity contribution in [1.82, 2.24) is 4.98 Å². The number of hydrogen-bond acceptors (Lipinski definition) is 4. The first-order chi connectivity index (χ1) is 9.65. The van der Waals surface area contributed by atoms with Gasteiger partial charge in [-0.15, -0.1) is 0 Å². The summed E-state index contributed by atoms with van der Waals surface area (Å²) in [5.74, 6) is 1.25. The standard InChI is InChI=1S/C15H15BrN2O2/c1-19-9-14(10-3-5-12(20-2)6-4-10)13-7-11(16)8-18-15(13)17/h3-9H,1-2H3,(H2,17,18)/b14-9+. The lowest BCUT2D eigenvalue weighted by molar-refractivity contribution is 0.340. The van der Waals surface area contributed by atoms with Gasteiger partial charge in [-0.3, -0.25) is 0 Å². The van der Waals surface area contributed by atoms with Crippen LogP contribution in [-0.4, -0.2) is 19.2 Å². The molecule has 1 aromatic heterocycles. The lowest BCUT2D eigenvalue weighted by Crippen LogP contribution is -1.99. The van der Waals surface area contributed by atoms with Gasteiger partial charge in [0, 0.05) is 21.8 Å². The van der Waals surface area contributed by atoms with Crippen LogP contribution in [0.5, 0.6) is 5.75 Å². The number of hydrogen-bond donors (Lipinski definition) is 1. The molecular formula is C15H15BrN2O2. The summed E-state index contributed by atoms with van der Waals surface area (Å²) < 4.78 is 11.2. The second kappa shape index (κ2) is 6.43. The fraction of sp³-hybridized carbons (Fsp3) is 0.133. The second-order valence-electron chi connectivity index (χ2n) is 4.08. The molecule has 1 aromatic carbocycles. The van der Waals surface area contributed by atoms with Gasteiger partial charge in [0.2, 0.25) is 0 Å². The summed E-state index contributed by atoms with van der Waals surface area (Å²) in [6, 6.07) is 9.59. The summed E-state index contributed by atoms with van der Waals surface area (Å²) in [5.41, 5.74) is 8.61. The molecule has 104 valence electrons. The number of halogens is 1. The number of nitrogen functional groups attached to an aromatic ring is 1. The Balaban J connectivity index is 2.50. The first-order valence-electron chi connectivity index (χ1n) is 5.94. The van der Waals surface area contributed by atoms with Crippen molar-refractivity contribution >= 4 is 27.3 Å². The summed E-state index contributed by atoms with van der Waals surface area (Å²) in [7, 11) is 3.24. The number of anilines is 1. The Morgan fingerprint density at radius 1 is 1.25 bits per heavy atom. The Hall–Kier alpha value is -2.01. The van der Waals surface area contributed by atoms with E-state index in [4.69, 9.17) is 15.2 Å². The molecule has 0 aliphatic carbocycles. The monoisotopic (exact) mass is 334 g/mol. The Labute approximate surface area is 126 Å². The molecule has 2 aromatic rings. The molecule has 0 amide bonds. The van der Waals surface area contributed by atoms with Gasteiger partial charge in [-0.2, -0.15) is 0 Å². The Morgan fingerprint density at radius 2 is 1.95 bits per heavy atom. The molecule has 0 fully saturated rings. The van der Waals surface area contributed by atoms with Gasteiger partial charge in [0.05, 0.1) is 20.5 Å². The summed E-state index contributed by atoms with van der Waals surface area (Å²) >= 11 is 3.40. The maximum Gasteiger partial charge on any atom is 0.131 e. The zero-order valence-electron chi connectivity index (χ0n) is 11.3. The highest BCUT2D eigenvalue weighted by Crippen LogP contribution is 2.30. The smallest absolute Gasteiger partial charge is 0.131 e. The zero-order chi connectivity index (χ0) is 14.5. The van der Waals surface area contributed by atoms with Crippen molar-refractivity contribution in [2.24, 2.45) is 0 Å². The van der Waals surface area contributed by atoms with Crippen LogP contribution in [0.3, 0.4) is 0 Å². The SMILES string of the molecule is CO/C=C(\c1ccc(OC)cc1)c1cc(Br)cnc1N. The van der Waals surface area contributed by atoms with Crippen molar-refractivity contribution in [3.8, 4) is 5.75 Å². The van der Waals surface area contributed by atoms with Gasteiger partial charge in [0.25, 0.3) is 0 Å². The Bertz CT molecular complexity index is 624. The molecule has 0 unspecified atom stereocenters. The van der Waals surface area contributed by atoms with Crippen molar-refractivity contribution in [2.45, 2.75) is 0 Å². The number of methoxy groups -OCH3 is 2. The normalized spacial score (nSPS) is 11.2. The second-order valence-corrected chi connectivity index (χ2v) is 5.00. The van der Waals surface area contributed by atoms with Crippen LogP contribution < -0.4 is 10.5 Å². The highest BCUT2D eigenvalue weighted by molar-refractivity contribution is 9.10. The molecule has 0 saturated carbocycles. The largest absolute Gasteiger partial charge is 0.504 e. The van der Waals surface area contributed by atoms with Crippen LogP contribution in [0.15, 0.2) is 47.3 Å². The Morgan fingerprint density at radius 3 is 2.55 bits per heavy atom. The molecule has 0 aliphatic rings. The maximum atomic E-state index is 5.96. The highest BCUT2D eigenvalue weighted by Gasteiger charge is 2.11. The minimum atomic E-state index is 0.451. The molecule has 0 bridgehead atoms. The van der Waals surface area contributed by atoms with E-state index in [1.807, 2.05) is 30.3 Å². The number of nitrogens with zero attached hydrogens (tertiary/aromatic N) is 1. The van der Waals surface area contributed by atoms with Crippen molar-refractivity contribution in [3.63, 3.8) is 0 Å². The molecule has 0 atom stereocenters. The third kappa shape index (κ3) is 3.11. The summed E-state index contributed by atoms with van der Waals surface area (Å²) in [6.45, 7) is 0. The average molecular weight is 335 g/mol. The van der Waals surface area contributed by atoms with Crippen molar-refractivity contribution in [3.05, 3.63) is 58.4 Å². The van der Waals surface area contributed by atoms with Gasteiger partial charge in [0.15, 0.2) is 0 Å². The number of ether oxygens (including phenoxy) is 2. The maximum absolute atomic E-state index is 5.96. The first-order valence-corrected chi connectivity index (χ1v) is 6.73. The molecule has 0 spiro atoms. The third-order valence-corrected chi connectivity index (χ3v) is 3.25. The average Bonchev–Trinajstić information content (AvgIpc) is 2.48. The summed E-state index contributed by atoms with van der Waals surface area (Å²) in [4.78, 5) is 4.15. The lowest BCUT2D eigenvalue weighted by Gasteiger charge is -2.11. The lowest BCUT2D eigenvalue weighted by atomic mass is 9.99. The third-order valence-electron chi connectivity index (χ3n) is 2.81. The van der Waals surface area contributed by atoms with Crippen LogP contribution in [0.4, 0.5) is 5.82 Å². The van der Waals surface area contributed by atoms with Crippen LogP contribution in [-0.2, 0) is 4.74 Å². The van der Waals surface area contributed by atoms with E-state index in [0.717, 1.165) is 26.9 Å². The van der Waals surface area contributed by atoms with E-state index in [-0.39, 0.29) is 0 Å². The number of aromatic nitrogens is 1. The first kappa shape index (κ1) is 14.4. The van der Waals surface area contributed by atoms with Crippen LogP contribution in [0, 0.1) is 0 Å². The number of benzene rings is 1. The van der Waals surface area contributed by atoms with E-state index in [1.165, 1.54) is 0 Å². The molecule has 4 nitrogen and oxygen atoms in total. The summed E-state index contributed by atoms with van der Waals surface area (Å²) in [6.07, 6.45) is 3.32. The molecule has 2 N–H and O–H groups in total. The van der Waals surface area contributed by atoms with E-state index >= 15 is 0 Å². The Kier molecular flexibility index (Phi) is 4.63. The van der Waals surface area contributed by atoms with Crippen LogP contribution in [0.25, 0.3) is 5.57 Å². The van der Waals surface area contributed by atoms with E-state index in [0.29, 0.717) is 5.82 Å². The molecule has 2 rings (SSSR count).